The summed E-state index contributed by atoms with van der Waals surface area (Å²) in [6, 6.07) is 0. The van der Waals surface area contributed by atoms with Crippen molar-refractivity contribution in [1.82, 2.24) is 0 Å². The zero-order chi connectivity index (χ0) is 20.5. The molecule has 28 heavy (non-hydrogen) atoms. The van der Waals surface area contributed by atoms with Crippen LogP contribution in [0.25, 0.3) is 0 Å². The van der Waals surface area contributed by atoms with Crippen molar-refractivity contribution >= 4 is 11.8 Å². The van der Waals surface area contributed by atoms with Crippen molar-refractivity contribution in [2.75, 3.05) is 7.11 Å². The third kappa shape index (κ3) is 2.37. The monoisotopic (exact) mass is 390 g/mol. The number of aliphatic hydroxyl groups excluding tert-OH is 2. The van der Waals surface area contributed by atoms with Crippen molar-refractivity contribution < 1.29 is 29.6 Å². The van der Waals surface area contributed by atoms with Gasteiger partial charge in [0, 0.05) is 16.7 Å². The minimum absolute atomic E-state index is 0.00231. The second-order valence-corrected chi connectivity index (χ2v) is 9.60. The summed E-state index contributed by atoms with van der Waals surface area (Å²) >= 11 is 0. The van der Waals surface area contributed by atoms with Gasteiger partial charge in [0.25, 0.3) is 0 Å². The van der Waals surface area contributed by atoms with Crippen LogP contribution >= 0.6 is 0 Å². The Labute approximate surface area is 165 Å². The molecule has 0 amide bonds. The van der Waals surface area contributed by atoms with Crippen molar-refractivity contribution in [1.29, 1.82) is 0 Å². The Hall–Kier alpha value is -1.50. The fraction of sp³-hybridized carbons (Fsp3) is 0.727. The number of ketones is 1. The molecule has 154 valence electrons. The predicted octanol–water partition coefficient (Wildman–Crippen LogP) is 1.53. The van der Waals surface area contributed by atoms with Crippen LogP contribution in [0.3, 0.4) is 0 Å². The Bertz CT molecular complexity index is 771. The van der Waals surface area contributed by atoms with Gasteiger partial charge in [-0.3, -0.25) is 4.79 Å². The van der Waals surface area contributed by atoms with Crippen molar-refractivity contribution in [3.8, 4) is 0 Å². The van der Waals surface area contributed by atoms with Gasteiger partial charge < -0.3 is 20.1 Å². The summed E-state index contributed by atoms with van der Waals surface area (Å²) in [7, 11) is 1.20. The fourth-order valence-corrected chi connectivity index (χ4v) is 7.12. The highest BCUT2D eigenvalue weighted by Crippen LogP contribution is 2.67. The molecule has 6 nitrogen and oxygen atoms in total. The van der Waals surface area contributed by atoms with Gasteiger partial charge in [-0.1, -0.05) is 25.5 Å². The highest BCUT2D eigenvalue weighted by atomic mass is 16.5. The first-order valence-electron chi connectivity index (χ1n) is 10.2. The fourth-order valence-electron chi connectivity index (χ4n) is 7.12. The van der Waals surface area contributed by atoms with Crippen molar-refractivity contribution in [2.24, 2.45) is 28.6 Å². The van der Waals surface area contributed by atoms with Gasteiger partial charge in [0.2, 0.25) is 0 Å². The summed E-state index contributed by atoms with van der Waals surface area (Å²) < 4.78 is 4.68. The van der Waals surface area contributed by atoms with Gasteiger partial charge in [0.15, 0.2) is 11.9 Å². The van der Waals surface area contributed by atoms with E-state index in [1.807, 2.05) is 13.0 Å². The average Bonchev–Trinajstić information content (AvgIpc) is 2.92. The standard InChI is InChI=1S/C22H30O6/c1-20-8-6-13(23)10-12(20)4-5-14-15-7-9-22(27,18(25)19(26)28-3)21(15,2)11-16(24)17(14)20/h6,8,10,14-18,24-25,27H,4-5,7,9,11H2,1-3H3/t14-,15-,16-,17+,18-,20+,21-,22-/m0/s1. The zero-order valence-electron chi connectivity index (χ0n) is 16.7. The number of aliphatic hydroxyl groups is 3. The van der Waals surface area contributed by atoms with E-state index >= 15 is 0 Å². The summed E-state index contributed by atoms with van der Waals surface area (Å²) in [6.45, 7) is 3.99. The van der Waals surface area contributed by atoms with E-state index in [2.05, 4.69) is 11.7 Å². The summed E-state index contributed by atoms with van der Waals surface area (Å²) in [5.74, 6) is -0.664. The Balaban J connectivity index is 1.72. The molecule has 3 N–H and O–H groups in total. The third-order valence-electron chi connectivity index (χ3n) is 8.59. The molecule has 0 bridgehead atoms. The van der Waals surface area contributed by atoms with E-state index < -0.39 is 29.2 Å². The lowest BCUT2D eigenvalue weighted by Crippen LogP contribution is -2.63. The van der Waals surface area contributed by atoms with Gasteiger partial charge in [-0.25, -0.2) is 4.79 Å². The molecule has 0 unspecified atom stereocenters. The molecule has 0 aromatic carbocycles. The van der Waals surface area contributed by atoms with E-state index in [4.69, 9.17) is 0 Å². The number of carbonyl (C=O) groups excluding carboxylic acids is 2. The Kier molecular flexibility index (Phi) is 4.42. The molecule has 0 aromatic heterocycles. The van der Waals surface area contributed by atoms with Crippen LogP contribution in [0.1, 0.15) is 46.0 Å². The van der Waals surface area contributed by atoms with Crippen molar-refractivity contribution in [2.45, 2.75) is 63.8 Å². The van der Waals surface area contributed by atoms with Gasteiger partial charge in [0.05, 0.1) is 13.2 Å². The molecule has 4 rings (SSSR count). The van der Waals surface area contributed by atoms with Crippen LogP contribution in [0.5, 0.6) is 0 Å². The minimum atomic E-state index is -1.63. The maximum atomic E-state index is 12.0. The Morgan fingerprint density at radius 1 is 1.32 bits per heavy atom. The number of rotatable bonds is 2. The van der Waals surface area contributed by atoms with Gasteiger partial charge >= 0.3 is 5.97 Å². The first kappa shape index (κ1) is 19.8. The molecule has 3 fully saturated rings. The number of ether oxygens (including phenoxy) is 1. The second-order valence-electron chi connectivity index (χ2n) is 9.60. The van der Waals surface area contributed by atoms with E-state index in [9.17, 15) is 24.9 Å². The van der Waals surface area contributed by atoms with Crippen LogP contribution in [-0.4, -0.2) is 52.0 Å². The summed E-state index contributed by atoms with van der Waals surface area (Å²) in [4.78, 5) is 23.9. The lowest BCUT2D eigenvalue weighted by atomic mass is 9.46. The summed E-state index contributed by atoms with van der Waals surface area (Å²) in [6.07, 6.45) is 5.82. The molecule has 6 heteroatoms. The van der Waals surface area contributed by atoms with E-state index in [0.29, 0.717) is 19.3 Å². The normalized spacial score (nSPS) is 48.2. The molecule has 0 saturated heterocycles. The molecule has 0 heterocycles. The number of allylic oxidation sites excluding steroid dienone is 4. The van der Waals surface area contributed by atoms with Crippen LogP contribution in [0.15, 0.2) is 23.8 Å². The largest absolute Gasteiger partial charge is 0.467 e. The molecule has 0 radical (unpaired) electrons. The first-order chi connectivity index (χ1) is 13.1. The molecule has 4 aliphatic carbocycles. The zero-order valence-corrected chi connectivity index (χ0v) is 16.7. The number of hydrogen-bond acceptors (Lipinski definition) is 6. The first-order valence-corrected chi connectivity index (χ1v) is 10.2. The van der Waals surface area contributed by atoms with Crippen LogP contribution in [0.2, 0.25) is 0 Å². The number of carbonyl (C=O) groups is 2. The molecular weight excluding hydrogens is 360 g/mol. The maximum absolute atomic E-state index is 12.0. The lowest BCUT2D eigenvalue weighted by Gasteiger charge is -2.60. The van der Waals surface area contributed by atoms with Crippen LogP contribution in [0, 0.1) is 28.6 Å². The topological polar surface area (TPSA) is 104 Å². The molecule has 3 saturated carbocycles. The van der Waals surface area contributed by atoms with Gasteiger partial charge in [-0.15, -0.1) is 0 Å². The predicted molar refractivity (Wildman–Crippen MR) is 101 cm³/mol. The number of hydrogen-bond donors (Lipinski definition) is 3. The quantitative estimate of drug-likeness (QED) is 0.618. The molecule has 8 atom stereocenters. The Morgan fingerprint density at radius 2 is 2.04 bits per heavy atom. The molecule has 0 spiro atoms. The SMILES string of the molecule is COC(=O)[C@H](O)[C@@]1(O)CC[C@H]2[C@@H]3CCC4=CC(=O)C=C[C@@]4(C)[C@H]3[C@@H](O)C[C@@]21C. The highest BCUT2D eigenvalue weighted by molar-refractivity contribution is 6.01. The summed E-state index contributed by atoms with van der Waals surface area (Å²) in [5.41, 5.74) is -1.70. The average molecular weight is 390 g/mol. The van der Waals surface area contributed by atoms with Crippen LogP contribution in [0.4, 0.5) is 0 Å². The van der Waals surface area contributed by atoms with Gasteiger partial charge in [-0.2, -0.15) is 0 Å². The number of methoxy groups -OCH3 is 1. The minimum Gasteiger partial charge on any atom is -0.467 e. The van der Waals surface area contributed by atoms with E-state index in [0.717, 1.165) is 18.4 Å². The van der Waals surface area contributed by atoms with Crippen LogP contribution < -0.4 is 0 Å². The smallest absolute Gasteiger partial charge is 0.337 e. The molecule has 4 aliphatic rings. The molecule has 0 aliphatic heterocycles. The van der Waals surface area contributed by atoms with Gasteiger partial charge in [0.1, 0.15) is 5.60 Å². The van der Waals surface area contributed by atoms with E-state index in [-0.39, 0.29) is 29.0 Å². The highest BCUT2D eigenvalue weighted by Gasteiger charge is 2.68. The third-order valence-corrected chi connectivity index (χ3v) is 8.59. The van der Waals surface area contributed by atoms with E-state index in [1.165, 1.54) is 7.11 Å². The Morgan fingerprint density at radius 3 is 2.71 bits per heavy atom. The summed E-state index contributed by atoms with van der Waals surface area (Å²) in [5, 5.41) is 33.2. The van der Waals surface area contributed by atoms with Crippen molar-refractivity contribution in [3.63, 3.8) is 0 Å². The van der Waals surface area contributed by atoms with Crippen LogP contribution in [-0.2, 0) is 14.3 Å². The lowest BCUT2D eigenvalue weighted by molar-refractivity contribution is -0.209. The maximum Gasteiger partial charge on any atom is 0.337 e. The number of esters is 1. The van der Waals surface area contributed by atoms with Crippen molar-refractivity contribution in [3.05, 3.63) is 23.8 Å². The molecule has 0 aromatic rings. The second kappa shape index (κ2) is 6.25. The molecular formula is C22H30O6. The van der Waals surface area contributed by atoms with E-state index in [1.54, 1.807) is 12.2 Å². The number of fused-ring (bicyclic) bond motifs is 5. The van der Waals surface area contributed by atoms with Gasteiger partial charge in [-0.05, 0) is 56.1 Å².